The lowest BCUT2D eigenvalue weighted by atomic mass is 9.78. The highest BCUT2D eigenvalue weighted by molar-refractivity contribution is 5.79. The second-order valence-electron chi connectivity index (χ2n) is 7.84. The standard InChI is InChI=1S/C21H33N3O/c1-5-9-24(10-6-2)17-11-16-14-22-19-8-7-15(12-20(25)23(3)4)18(13-17)21(16)19/h7-8,16-17,22H,5-6,9-14H2,1-4H3/t16-,17-/m1/s1. The van der Waals surface area contributed by atoms with E-state index in [9.17, 15) is 4.79 Å². The summed E-state index contributed by atoms with van der Waals surface area (Å²) >= 11 is 0. The van der Waals surface area contributed by atoms with Gasteiger partial charge in [-0.25, -0.2) is 0 Å². The molecular weight excluding hydrogens is 310 g/mol. The van der Waals surface area contributed by atoms with E-state index in [1.807, 2.05) is 14.1 Å². The average molecular weight is 344 g/mol. The van der Waals surface area contributed by atoms with Crippen molar-refractivity contribution in [3.8, 4) is 0 Å². The van der Waals surface area contributed by atoms with Crippen LogP contribution in [0.15, 0.2) is 12.1 Å². The number of benzene rings is 1. The molecule has 0 aromatic heterocycles. The van der Waals surface area contributed by atoms with Crippen molar-refractivity contribution in [2.24, 2.45) is 0 Å². The van der Waals surface area contributed by atoms with E-state index in [4.69, 9.17) is 0 Å². The summed E-state index contributed by atoms with van der Waals surface area (Å²) in [6.07, 6.45) is 5.28. The van der Waals surface area contributed by atoms with Gasteiger partial charge in [0.1, 0.15) is 0 Å². The Labute approximate surface area is 152 Å². The molecule has 4 heteroatoms. The quantitative estimate of drug-likeness (QED) is 0.825. The molecule has 1 aromatic carbocycles. The van der Waals surface area contributed by atoms with Gasteiger partial charge in [0.05, 0.1) is 6.42 Å². The first-order chi connectivity index (χ1) is 12.0. The van der Waals surface area contributed by atoms with Crippen LogP contribution < -0.4 is 5.32 Å². The van der Waals surface area contributed by atoms with Crippen LogP contribution in [0.2, 0.25) is 0 Å². The number of rotatable bonds is 7. The van der Waals surface area contributed by atoms with Gasteiger partial charge in [0.2, 0.25) is 5.91 Å². The van der Waals surface area contributed by atoms with Gasteiger partial charge in [-0.3, -0.25) is 4.79 Å². The molecule has 0 saturated carbocycles. The van der Waals surface area contributed by atoms with Crippen LogP contribution in [0.1, 0.15) is 55.7 Å². The lowest BCUT2D eigenvalue weighted by Crippen LogP contribution is -2.41. The molecule has 0 saturated heterocycles. The van der Waals surface area contributed by atoms with Crippen LogP contribution in [0, 0.1) is 0 Å². The molecule has 25 heavy (non-hydrogen) atoms. The Morgan fingerprint density at radius 2 is 1.92 bits per heavy atom. The van der Waals surface area contributed by atoms with Crippen molar-refractivity contribution >= 4 is 11.6 Å². The van der Waals surface area contributed by atoms with Gasteiger partial charge in [-0.1, -0.05) is 19.9 Å². The summed E-state index contributed by atoms with van der Waals surface area (Å²) in [6.45, 7) is 7.96. The minimum absolute atomic E-state index is 0.194. The summed E-state index contributed by atoms with van der Waals surface area (Å²) in [6, 6.07) is 4.98. The Morgan fingerprint density at radius 1 is 1.20 bits per heavy atom. The van der Waals surface area contributed by atoms with E-state index in [0.717, 1.165) is 13.0 Å². The van der Waals surface area contributed by atoms with Gasteiger partial charge in [0.25, 0.3) is 0 Å². The lowest BCUT2D eigenvalue weighted by molar-refractivity contribution is -0.127. The molecule has 1 aliphatic heterocycles. The Bertz CT molecular complexity index is 620. The van der Waals surface area contributed by atoms with Crippen LogP contribution in [0.3, 0.4) is 0 Å². The molecule has 1 heterocycles. The predicted octanol–water partition coefficient (Wildman–Crippen LogP) is 3.26. The fourth-order valence-electron chi connectivity index (χ4n) is 4.57. The van der Waals surface area contributed by atoms with Crippen molar-refractivity contribution < 1.29 is 4.79 Å². The molecule has 2 atom stereocenters. The van der Waals surface area contributed by atoms with Crippen molar-refractivity contribution in [1.29, 1.82) is 0 Å². The van der Waals surface area contributed by atoms with Gasteiger partial charge in [-0.15, -0.1) is 0 Å². The maximum Gasteiger partial charge on any atom is 0.226 e. The predicted molar refractivity (Wildman–Crippen MR) is 104 cm³/mol. The van der Waals surface area contributed by atoms with Crippen molar-refractivity contribution in [2.45, 2.75) is 57.9 Å². The van der Waals surface area contributed by atoms with E-state index in [1.165, 1.54) is 54.7 Å². The molecule has 4 nitrogen and oxygen atoms in total. The van der Waals surface area contributed by atoms with Gasteiger partial charge >= 0.3 is 0 Å². The Morgan fingerprint density at radius 3 is 2.56 bits per heavy atom. The summed E-state index contributed by atoms with van der Waals surface area (Å²) in [5, 5.41) is 3.59. The maximum absolute atomic E-state index is 12.3. The number of carbonyl (C=O) groups is 1. The summed E-state index contributed by atoms with van der Waals surface area (Å²) < 4.78 is 0. The lowest BCUT2D eigenvalue weighted by Gasteiger charge is -2.38. The Balaban J connectivity index is 1.90. The number of anilines is 1. The van der Waals surface area contributed by atoms with Gasteiger partial charge in [0, 0.05) is 38.3 Å². The monoisotopic (exact) mass is 343 g/mol. The molecule has 1 amide bonds. The molecular formula is C21H33N3O. The molecule has 2 aliphatic rings. The first-order valence-corrected chi connectivity index (χ1v) is 9.87. The number of carbonyl (C=O) groups excluding carboxylic acids is 1. The summed E-state index contributed by atoms with van der Waals surface area (Å²) in [7, 11) is 3.69. The third-order valence-corrected chi connectivity index (χ3v) is 5.78. The molecule has 0 fully saturated rings. The summed E-state index contributed by atoms with van der Waals surface area (Å²) in [4.78, 5) is 16.7. The zero-order valence-electron chi connectivity index (χ0n) is 16.3. The smallest absolute Gasteiger partial charge is 0.226 e. The van der Waals surface area contributed by atoms with Gasteiger partial charge in [-0.05, 0) is 61.5 Å². The maximum atomic E-state index is 12.3. The van der Waals surface area contributed by atoms with E-state index in [-0.39, 0.29) is 5.91 Å². The molecule has 1 aromatic rings. The molecule has 3 rings (SSSR count). The molecule has 0 unspecified atom stereocenters. The van der Waals surface area contributed by atoms with E-state index in [1.54, 1.807) is 4.90 Å². The molecule has 138 valence electrons. The van der Waals surface area contributed by atoms with Crippen LogP contribution in [0.25, 0.3) is 0 Å². The number of amides is 1. The topological polar surface area (TPSA) is 35.6 Å². The van der Waals surface area contributed by atoms with E-state index < -0.39 is 0 Å². The normalized spacial score (nSPS) is 21.2. The fraction of sp³-hybridized carbons (Fsp3) is 0.667. The first kappa shape index (κ1) is 18.2. The summed E-state index contributed by atoms with van der Waals surface area (Å²) in [5.41, 5.74) is 5.50. The van der Waals surface area contributed by atoms with Crippen molar-refractivity contribution in [2.75, 3.05) is 39.0 Å². The molecule has 1 aliphatic carbocycles. The third kappa shape index (κ3) is 3.69. The highest BCUT2D eigenvalue weighted by Gasteiger charge is 2.36. The zero-order valence-corrected chi connectivity index (χ0v) is 16.3. The third-order valence-electron chi connectivity index (χ3n) is 5.78. The van der Waals surface area contributed by atoms with Gasteiger partial charge in [0.15, 0.2) is 0 Å². The van der Waals surface area contributed by atoms with Crippen LogP contribution >= 0.6 is 0 Å². The van der Waals surface area contributed by atoms with Gasteiger partial charge in [-0.2, -0.15) is 0 Å². The van der Waals surface area contributed by atoms with Crippen LogP contribution in [-0.2, 0) is 17.6 Å². The van der Waals surface area contributed by atoms with E-state index in [0.29, 0.717) is 18.4 Å². The SMILES string of the molecule is CCCN(CCC)[C@H]1Cc2c(CC(=O)N(C)C)ccc3c2[C@@H](CN3)C1. The van der Waals surface area contributed by atoms with Crippen LogP contribution in [0.5, 0.6) is 0 Å². The Hall–Kier alpha value is -1.55. The fourth-order valence-corrected chi connectivity index (χ4v) is 4.57. The number of hydrogen-bond donors (Lipinski definition) is 1. The largest absolute Gasteiger partial charge is 0.384 e. The van der Waals surface area contributed by atoms with Crippen LogP contribution in [-0.4, -0.2) is 55.5 Å². The van der Waals surface area contributed by atoms with E-state index >= 15 is 0 Å². The minimum Gasteiger partial charge on any atom is -0.384 e. The molecule has 0 radical (unpaired) electrons. The van der Waals surface area contributed by atoms with Crippen molar-refractivity contribution in [3.63, 3.8) is 0 Å². The zero-order chi connectivity index (χ0) is 18.0. The second-order valence-corrected chi connectivity index (χ2v) is 7.84. The molecule has 0 spiro atoms. The Kier molecular flexibility index (Phi) is 5.67. The van der Waals surface area contributed by atoms with E-state index in [2.05, 4.69) is 36.2 Å². The second kappa shape index (κ2) is 7.77. The number of nitrogens with one attached hydrogen (secondary N) is 1. The van der Waals surface area contributed by atoms with Crippen molar-refractivity contribution in [3.05, 3.63) is 28.8 Å². The highest BCUT2D eigenvalue weighted by Crippen LogP contribution is 2.44. The highest BCUT2D eigenvalue weighted by atomic mass is 16.2. The first-order valence-electron chi connectivity index (χ1n) is 9.87. The number of likely N-dealkylation sites (N-methyl/N-ethyl adjacent to an activating group) is 1. The van der Waals surface area contributed by atoms with Gasteiger partial charge < -0.3 is 15.1 Å². The summed E-state index contributed by atoms with van der Waals surface area (Å²) in [5.74, 6) is 0.800. The molecule has 0 bridgehead atoms. The van der Waals surface area contributed by atoms with Crippen LogP contribution in [0.4, 0.5) is 5.69 Å². The number of nitrogens with zero attached hydrogens (tertiary/aromatic N) is 2. The molecule has 1 N–H and O–H groups in total. The van der Waals surface area contributed by atoms with Crippen molar-refractivity contribution in [1.82, 2.24) is 9.80 Å². The number of hydrogen-bond acceptors (Lipinski definition) is 3. The average Bonchev–Trinajstić information content (AvgIpc) is 3.01. The minimum atomic E-state index is 0.194.